The number of fused-ring (bicyclic) bond motifs is 1. The van der Waals surface area contributed by atoms with Crippen molar-refractivity contribution in [3.63, 3.8) is 0 Å². The van der Waals surface area contributed by atoms with Crippen LogP contribution < -0.4 is 10.5 Å². The van der Waals surface area contributed by atoms with Gasteiger partial charge in [-0.15, -0.1) is 21.5 Å². The fraction of sp³-hybridized carbons (Fsp3) is 0.364. The second kappa shape index (κ2) is 9.05. The SMILES string of the molecule is CCn1c(S[C@H](C)c2nc3scc(-c4ccccc4)c3c(=O)[nH]2)nnc1N1CCOCC1. The van der Waals surface area contributed by atoms with Crippen molar-refractivity contribution in [2.24, 2.45) is 0 Å². The second-order valence-electron chi connectivity index (χ2n) is 7.53. The van der Waals surface area contributed by atoms with Crippen LogP contribution in [0.3, 0.4) is 0 Å². The first-order valence-electron chi connectivity index (χ1n) is 10.6. The number of anilines is 1. The van der Waals surface area contributed by atoms with Crippen LogP contribution >= 0.6 is 23.1 Å². The van der Waals surface area contributed by atoms with Crippen LogP contribution in [-0.4, -0.2) is 51.0 Å². The van der Waals surface area contributed by atoms with Gasteiger partial charge in [-0.2, -0.15) is 0 Å². The molecule has 1 atom stereocenters. The minimum Gasteiger partial charge on any atom is -0.378 e. The fourth-order valence-electron chi connectivity index (χ4n) is 3.84. The Bertz CT molecular complexity index is 1280. The predicted octanol–water partition coefficient (Wildman–Crippen LogP) is 3.95. The minimum absolute atomic E-state index is 0.0820. The summed E-state index contributed by atoms with van der Waals surface area (Å²) in [5.74, 6) is 1.51. The number of aromatic nitrogens is 5. The van der Waals surface area contributed by atoms with Gasteiger partial charge in [0.15, 0.2) is 5.16 Å². The molecule has 1 saturated heterocycles. The summed E-state index contributed by atoms with van der Waals surface area (Å²) in [7, 11) is 0. The molecule has 8 nitrogen and oxygen atoms in total. The molecule has 4 heterocycles. The largest absolute Gasteiger partial charge is 0.378 e. The van der Waals surface area contributed by atoms with Gasteiger partial charge in [0.1, 0.15) is 10.7 Å². The van der Waals surface area contributed by atoms with E-state index in [9.17, 15) is 4.79 Å². The summed E-state index contributed by atoms with van der Waals surface area (Å²) in [5.41, 5.74) is 1.84. The van der Waals surface area contributed by atoms with Crippen LogP contribution in [0.1, 0.15) is 24.9 Å². The number of H-pyrrole nitrogens is 1. The van der Waals surface area contributed by atoms with Crippen LogP contribution in [0.4, 0.5) is 5.95 Å². The molecular formula is C22H24N6O2S2. The van der Waals surface area contributed by atoms with Gasteiger partial charge in [0.25, 0.3) is 5.56 Å². The van der Waals surface area contributed by atoms with Gasteiger partial charge in [-0.1, -0.05) is 42.1 Å². The third-order valence-corrected chi connectivity index (χ3v) is 7.48. The predicted molar refractivity (Wildman–Crippen MR) is 129 cm³/mol. The van der Waals surface area contributed by atoms with Crippen molar-refractivity contribution in [2.45, 2.75) is 30.8 Å². The Labute approximate surface area is 193 Å². The minimum atomic E-state index is -0.108. The summed E-state index contributed by atoms with van der Waals surface area (Å²) in [4.78, 5) is 23.7. The highest BCUT2D eigenvalue weighted by molar-refractivity contribution is 7.99. The number of rotatable bonds is 6. The third-order valence-electron chi connectivity index (χ3n) is 5.52. The van der Waals surface area contributed by atoms with E-state index in [1.807, 2.05) is 42.6 Å². The Balaban J connectivity index is 1.43. The number of hydrogen-bond acceptors (Lipinski definition) is 8. The van der Waals surface area contributed by atoms with Gasteiger partial charge in [-0.25, -0.2) is 4.98 Å². The molecule has 166 valence electrons. The Hall–Kier alpha value is -2.69. The number of hydrogen-bond donors (Lipinski definition) is 1. The molecule has 1 aromatic carbocycles. The van der Waals surface area contributed by atoms with E-state index in [2.05, 4.69) is 31.6 Å². The first-order valence-corrected chi connectivity index (χ1v) is 12.4. The van der Waals surface area contributed by atoms with Gasteiger partial charge in [0, 0.05) is 30.6 Å². The van der Waals surface area contributed by atoms with E-state index < -0.39 is 0 Å². The normalized spacial score (nSPS) is 15.4. The van der Waals surface area contributed by atoms with Crippen LogP contribution in [0, 0.1) is 0 Å². The molecule has 5 rings (SSSR count). The average Bonchev–Trinajstić information content (AvgIpc) is 3.44. The average molecular weight is 469 g/mol. The van der Waals surface area contributed by atoms with E-state index in [1.54, 1.807) is 11.8 Å². The molecule has 10 heteroatoms. The number of aromatic amines is 1. The number of benzene rings is 1. The Morgan fingerprint density at radius 2 is 2.00 bits per heavy atom. The lowest BCUT2D eigenvalue weighted by Gasteiger charge is -2.27. The standard InChI is InChI=1S/C22H24N6O2S2/c1-3-28-21(27-9-11-30-12-10-27)25-26-22(28)32-14(2)18-23-19(29)17-16(13-31-20(17)24-18)15-7-5-4-6-8-15/h4-8,13-14H,3,9-12H2,1-2H3,(H,23,24,29)/t14-/m1/s1. The molecule has 0 aliphatic carbocycles. The summed E-state index contributed by atoms with van der Waals surface area (Å²) in [6.07, 6.45) is 0. The highest BCUT2D eigenvalue weighted by Gasteiger charge is 2.23. The molecule has 3 aromatic heterocycles. The van der Waals surface area contributed by atoms with Crippen molar-refractivity contribution >= 4 is 39.3 Å². The summed E-state index contributed by atoms with van der Waals surface area (Å²) >= 11 is 3.06. The lowest BCUT2D eigenvalue weighted by atomic mass is 10.1. The van der Waals surface area contributed by atoms with Crippen molar-refractivity contribution in [2.75, 3.05) is 31.2 Å². The Kier molecular flexibility index (Phi) is 5.99. The highest BCUT2D eigenvalue weighted by Crippen LogP contribution is 2.36. The molecule has 4 aromatic rings. The molecule has 1 N–H and O–H groups in total. The van der Waals surface area contributed by atoms with Crippen molar-refractivity contribution < 1.29 is 4.74 Å². The van der Waals surface area contributed by atoms with E-state index in [1.165, 1.54) is 11.3 Å². The molecule has 0 saturated carbocycles. The van der Waals surface area contributed by atoms with Crippen LogP contribution in [0.25, 0.3) is 21.3 Å². The van der Waals surface area contributed by atoms with E-state index in [4.69, 9.17) is 9.72 Å². The topological polar surface area (TPSA) is 88.9 Å². The van der Waals surface area contributed by atoms with Crippen LogP contribution in [0.5, 0.6) is 0 Å². The monoisotopic (exact) mass is 468 g/mol. The van der Waals surface area contributed by atoms with Gasteiger partial charge >= 0.3 is 0 Å². The van der Waals surface area contributed by atoms with Gasteiger partial charge in [-0.3, -0.25) is 9.36 Å². The molecule has 0 radical (unpaired) electrons. The number of morpholine rings is 1. The van der Waals surface area contributed by atoms with Crippen molar-refractivity contribution in [3.8, 4) is 11.1 Å². The summed E-state index contributed by atoms with van der Waals surface area (Å²) in [6, 6.07) is 9.94. The maximum absolute atomic E-state index is 13.0. The van der Waals surface area contributed by atoms with Gasteiger partial charge in [-0.05, 0) is 19.4 Å². The van der Waals surface area contributed by atoms with Gasteiger partial charge in [0.05, 0.1) is 23.8 Å². The van der Waals surface area contributed by atoms with E-state index in [-0.39, 0.29) is 10.8 Å². The van der Waals surface area contributed by atoms with Crippen molar-refractivity contribution in [1.82, 2.24) is 24.7 Å². The molecule has 0 unspecified atom stereocenters. The molecule has 0 bridgehead atoms. The van der Waals surface area contributed by atoms with Gasteiger partial charge < -0.3 is 14.6 Å². The molecule has 0 spiro atoms. The quantitative estimate of drug-likeness (QED) is 0.429. The lowest BCUT2D eigenvalue weighted by molar-refractivity contribution is 0.121. The number of ether oxygens (including phenoxy) is 1. The third kappa shape index (κ3) is 3.94. The highest BCUT2D eigenvalue weighted by atomic mass is 32.2. The number of thiophene rings is 1. The van der Waals surface area contributed by atoms with E-state index in [0.717, 1.165) is 46.7 Å². The van der Waals surface area contributed by atoms with Crippen molar-refractivity contribution in [3.05, 3.63) is 51.9 Å². The van der Waals surface area contributed by atoms with Crippen molar-refractivity contribution in [1.29, 1.82) is 0 Å². The molecule has 32 heavy (non-hydrogen) atoms. The van der Waals surface area contributed by atoms with Gasteiger partial charge in [0.2, 0.25) is 5.95 Å². The number of thioether (sulfide) groups is 1. The Morgan fingerprint density at radius 1 is 1.22 bits per heavy atom. The molecule has 1 fully saturated rings. The first-order chi connectivity index (χ1) is 15.7. The Morgan fingerprint density at radius 3 is 2.75 bits per heavy atom. The fourth-order valence-corrected chi connectivity index (χ4v) is 5.76. The van der Waals surface area contributed by atoms with Crippen LogP contribution in [-0.2, 0) is 11.3 Å². The molecular weight excluding hydrogens is 444 g/mol. The maximum atomic E-state index is 13.0. The zero-order chi connectivity index (χ0) is 22.1. The lowest BCUT2D eigenvalue weighted by Crippen LogP contribution is -2.38. The summed E-state index contributed by atoms with van der Waals surface area (Å²) in [5, 5.41) is 12.3. The maximum Gasteiger partial charge on any atom is 0.260 e. The number of nitrogens with zero attached hydrogens (tertiary/aromatic N) is 5. The smallest absolute Gasteiger partial charge is 0.260 e. The first kappa shape index (κ1) is 21.2. The second-order valence-corrected chi connectivity index (χ2v) is 9.70. The zero-order valence-corrected chi connectivity index (χ0v) is 19.6. The van der Waals surface area contributed by atoms with E-state index in [0.29, 0.717) is 24.4 Å². The van der Waals surface area contributed by atoms with E-state index >= 15 is 0 Å². The zero-order valence-electron chi connectivity index (χ0n) is 17.9. The molecule has 0 amide bonds. The van der Waals surface area contributed by atoms with Crippen LogP contribution in [0.2, 0.25) is 0 Å². The number of nitrogens with one attached hydrogen (secondary N) is 1. The summed E-state index contributed by atoms with van der Waals surface area (Å²) in [6.45, 7) is 7.91. The molecule has 1 aliphatic rings. The summed E-state index contributed by atoms with van der Waals surface area (Å²) < 4.78 is 7.57. The van der Waals surface area contributed by atoms with Crippen LogP contribution in [0.15, 0.2) is 45.7 Å². The molecule has 1 aliphatic heterocycles.